The molecule has 0 saturated carbocycles. The van der Waals surface area contributed by atoms with Crippen molar-refractivity contribution in [2.75, 3.05) is 41.3 Å². The number of anilines is 3. The van der Waals surface area contributed by atoms with Crippen LogP contribution in [-0.2, 0) is 6.54 Å². The molecule has 1 aliphatic heterocycles. The van der Waals surface area contributed by atoms with Crippen molar-refractivity contribution in [1.29, 1.82) is 0 Å². The molecule has 0 atom stereocenters. The van der Waals surface area contributed by atoms with E-state index in [0.29, 0.717) is 17.9 Å². The molecule has 4 rings (SSSR count). The summed E-state index contributed by atoms with van der Waals surface area (Å²) in [6.07, 6.45) is 1.56. The first kappa shape index (κ1) is 18.2. The van der Waals surface area contributed by atoms with E-state index in [0.717, 1.165) is 32.0 Å². The molecular weight excluding hydrogens is 353 g/mol. The first-order valence-corrected chi connectivity index (χ1v) is 9.55. The van der Waals surface area contributed by atoms with Crippen molar-refractivity contribution in [2.45, 2.75) is 13.5 Å². The monoisotopic (exact) mass is 377 g/mol. The smallest absolute Gasteiger partial charge is 0.134 e. The zero-order chi connectivity index (χ0) is 19.3. The summed E-state index contributed by atoms with van der Waals surface area (Å²) < 4.78 is 13.8. The van der Waals surface area contributed by atoms with Gasteiger partial charge in [0.05, 0.1) is 0 Å². The highest BCUT2D eigenvalue weighted by molar-refractivity contribution is 5.53. The van der Waals surface area contributed by atoms with Gasteiger partial charge in [-0.2, -0.15) is 0 Å². The van der Waals surface area contributed by atoms with Gasteiger partial charge in [-0.3, -0.25) is 0 Å². The average Bonchev–Trinajstić information content (AvgIpc) is 2.73. The molecule has 1 aromatic heterocycles. The van der Waals surface area contributed by atoms with E-state index in [2.05, 4.69) is 56.3 Å². The van der Waals surface area contributed by atoms with Gasteiger partial charge in [-0.05, 0) is 30.7 Å². The highest BCUT2D eigenvalue weighted by atomic mass is 19.1. The van der Waals surface area contributed by atoms with Gasteiger partial charge in [0.1, 0.15) is 23.8 Å². The molecule has 5 nitrogen and oxygen atoms in total. The molecule has 1 saturated heterocycles. The highest BCUT2D eigenvalue weighted by Crippen LogP contribution is 2.21. The van der Waals surface area contributed by atoms with Gasteiger partial charge in [-0.15, -0.1) is 0 Å². The number of halogens is 1. The van der Waals surface area contributed by atoms with Crippen LogP contribution in [0.2, 0.25) is 0 Å². The van der Waals surface area contributed by atoms with Gasteiger partial charge >= 0.3 is 0 Å². The number of aryl methyl sites for hydroxylation is 1. The van der Waals surface area contributed by atoms with Gasteiger partial charge in [0.25, 0.3) is 0 Å². The van der Waals surface area contributed by atoms with Gasteiger partial charge in [-0.1, -0.05) is 30.3 Å². The molecule has 0 unspecified atom stereocenters. The van der Waals surface area contributed by atoms with Crippen molar-refractivity contribution in [3.8, 4) is 0 Å². The zero-order valence-electron chi connectivity index (χ0n) is 16.0. The van der Waals surface area contributed by atoms with Crippen LogP contribution in [0.15, 0.2) is 60.9 Å². The maximum atomic E-state index is 13.8. The molecule has 2 aromatic carbocycles. The predicted octanol–water partition coefficient (Wildman–Crippen LogP) is 3.86. The lowest BCUT2D eigenvalue weighted by atomic mass is 10.2. The van der Waals surface area contributed by atoms with E-state index in [1.165, 1.54) is 17.3 Å². The van der Waals surface area contributed by atoms with Crippen LogP contribution in [0.25, 0.3) is 0 Å². The second kappa shape index (κ2) is 8.25. The van der Waals surface area contributed by atoms with Crippen LogP contribution in [0.3, 0.4) is 0 Å². The van der Waals surface area contributed by atoms with Gasteiger partial charge in [0.15, 0.2) is 0 Å². The van der Waals surface area contributed by atoms with Crippen LogP contribution in [-0.4, -0.2) is 36.1 Å². The Morgan fingerprint density at radius 1 is 0.929 bits per heavy atom. The molecule has 0 bridgehead atoms. The minimum Gasteiger partial charge on any atom is -0.368 e. The van der Waals surface area contributed by atoms with E-state index in [-0.39, 0.29) is 5.82 Å². The summed E-state index contributed by atoms with van der Waals surface area (Å²) in [6.45, 7) is 6.22. The molecule has 144 valence electrons. The standard InChI is InChI=1S/C22H24FN5/c1-17-5-4-7-19(13-17)27-9-11-28(12-10-27)22-14-21(25-16-26-22)24-15-18-6-2-3-8-20(18)23/h2-8,13-14,16H,9-12,15H2,1H3,(H,24,25,26). The molecule has 0 spiro atoms. The van der Waals surface area contributed by atoms with Gasteiger partial charge < -0.3 is 15.1 Å². The van der Waals surface area contributed by atoms with Crippen LogP contribution < -0.4 is 15.1 Å². The molecule has 0 amide bonds. The summed E-state index contributed by atoms with van der Waals surface area (Å²) in [5.41, 5.74) is 3.17. The molecule has 0 radical (unpaired) electrons. The topological polar surface area (TPSA) is 44.3 Å². The fourth-order valence-corrected chi connectivity index (χ4v) is 3.46. The van der Waals surface area contributed by atoms with Gasteiger partial charge in [0.2, 0.25) is 0 Å². The predicted molar refractivity (Wildman–Crippen MR) is 111 cm³/mol. The number of benzene rings is 2. The number of nitrogens with zero attached hydrogens (tertiary/aromatic N) is 4. The average molecular weight is 377 g/mol. The SMILES string of the molecule is Cc1cccc(N2CCN(c3cc(NCc4ccccc4F)ncn3)CC2)c1. The Morgan fingerprint density at radius 3 is 2.50 bits per heavy atom. The second-order valence-corrected chi connectivity index (χ2v) is 7.02. The summed E-state index contributed by atoms with van der Waals surface area (Å²) in [5, 5.41) is 3.19. The molecule has 28 heavy (non-hydrogen) atoms. The molecule has 6 heteroatoms. The quantitative estimate of drug-likeness (QED) is 0.731. The largest absolute Gasteiger partial charge is 0.368 e. The number of nitrogens with one attached hydrogen (secondary N) is 1. The van der Waals surface area contributed by atoms with Crippen molar-refractivity contribution in [1.82, 2.24) is 9.97 Å². The zero-order valence-corrected chi connectivity index (χ0v) is 16.0. The second-order valence-electron chi connectivity index (χ2n) is 7.02. The Kier molecular flexibility index (Phi) is 5.37. The van der Waals surface area contributed by atoms with Gasteiger partial charge in [-0.25, -0.2) is 14.4 Å². The van der Waals surface area contributed by atoms with E-state index in [1.54, 1.807) is 18.5 Å². The minimum absolute atomic E-state index is 0.212. The van der Waals surface area contributed by atoms with Crippen molar-refractivity contribution >= 4 is 17.3 Å². The molecule has 2 heterocycles. The minimum atomic E-state index is -0.212. The van der Waals surface area contributed by atoms with Crippen LogP contribution in [0.4, 0.5) is 21.7 Å². The molecule has 1 N–H and O–H groups in total. The number of rotatable bonds is 5. The molecule has 1 aliphatic rings. The van der Waals surface area contributed by atoms with E-state index in [1.807, 2.05) is 12.1 Å². The van der Waals surface area contributed by atoms with Crippen molar-refractivity contribution < 1.29 is 4.39 Å². The Bertz CT molecular complexity index is 937. The van der Waals surface area contributed by atoms with Crippen molar-refractivity contribution in [3.63, 3.8) is 0 Å². The lowest BCUT2D eigenvalue weighted by molar-refractivity contribution is 0.613. The lowest BCUT2D eigenvalue weighted by Crippen LogP contribution is -2.46. The van der Waals surface area contributed by atoms with E-state index >= 15 is 0 Å². The van der Waals surface area contributed by atoms with Crippen molar-refractivity contribution in [3.05, 3.63) is 77.9 Å². The van der Waals surface area contributed by atoms with Crippen LogP contribution >= 0.6 is 0 Å². The summed E-state index contributed by atoms with van der Waals surface area (Å²) in [6, 6.07) is 17.3. The Balaban J connectivity index is 1.38. The third-order valence-electron chi connectivity index (χ3n) is 5.04. The first-order chi connectivity index (χ1) is 13.7. The summed E-state index contributed by atoms with van der Waals surface area (Å²) >= 11 is 0. The van der Waals surface area contributed by atoms with Gasteiger partial charge in [0, 0.05) is 50.0 Å². The maximum Gasteiger partial charge on any atom is 0.134 e. The summed E-state index contributed by atoms with van der Waals surface area (Å²) in [4.78, 5) is 13.4. The lowest BCUT2D eigenvalue weighted by Gasteiger charge is -2.36. The van der Waals surface area contributed by atoms with Crippen LogP contribution in [0.5, 0.6) is 0 Å². The molecule has 1 fully saturated rings. The number of hydrogen-bond acceptors (Lipinski definition) is 5. The Hall–Kier alpha value is -3.15. The molecular formula is C22H24FN5. The highest BCUT2D eigenvalue weighted by Gasteiger charge is 2.19. The number of aromatic nitrogens is 2. The first-order valence-electron chi connectivity index (χ1n) is 9.55. The van der Waals surface area contributed by atoms with Crippen LogP contribution in [0, 0.1) is 12.7 Å². The van der Waals surface area contributed by atoms with E-state index in [9.17, 15) is 4.39 Å². The number of hydrogen-bond donors (Lipinski definition) is 1. The maximum absolute atomic E-state index is 13.8. The number of piperazine rings is 1. The fraction of sp³-hybridized carbons (Fsp3) is 0.273. The van der Waals surface area contributed by atoms with E-state index < -0.39 is 0 Å². The van der Waals surface area contributed by atoms with Crippen LogP contribution in [0.1, 0.15) is 11.1 Å². The third-order valence-corrected chi connectivity index (χ3v) is 5.04. The normalized spacial score (nSPS) is 14.2. The fourth-order valence-electron chi connectivity index (χ4n) is 3.46. The van der Waals surface area contributed by atoms with Crippen molar-refractivity contribution in [2.24, 2.45) is 0 Å². The Labute approximate surface area is 164 Å². The summed E-state index contributed by atoms with van der Waals surface area (Å²) in [7, 11) is 0. The molecule has 3 aromatic rings. The molecule has 0 aliphatic carbocycles. The Morgan fingerprint density at radius 2 is 1.71 bits per heavy atom. The summed E-state index contributed by atoms with van der Waals surface area (Å²) in [5.74, 6) is 1.39. The van der Waals surface area contributed by atoms with E-state index in [4.69, 9.17) is 0 Å². The third kappa shape index (κ3) is 4.22.